The number of carbonyl (C=O) groups is 1. The highest BCUT2D eigenvalue weighted by atomic mass is 16.5. The van der Waals surface area contributed by atoms with E-state index >= 15 is 0 Å². The molecule has 0 aromatic heterocycles. The van der Waals surface area contributed by atoms with Gasteiger partial charge in [-0.1, -0.05) is 13.3 Å². The molecule has 0 aromatic carbocycles. The van der Waals surface area contributed by atoms with Crippen LogP contribution in [0.5, 0.6) is 0 Å². The lowest BCUT2D eigenvalue weighted by molar-refractivity contribution is -0.136. The van der Waals surface area contributed by atoms with Crippen LogP contribution in [0.25, 0.3) is 0 Å². The number of fused-ring (bicyclic) bond motifs is 1. The number of hydrogen-bond acceptors (Lipinski definition) is 3. The molecule has 0 saturated carbocycles. The molecule has 2 aliphatic rings. The van der Waals surface area contributed by atoms with Gasteiger partial charge in [0.25, 0.3) is 0 Å². The SMILES string of the molecule is CCC[C@H](N)C(=O)N1CC[C@@H]2OC(C)(C)C[C@@H]2C1. The van der Waals surface area contributed by atoms with Crippen LogP contribution in [0.1, 0.15) is 46.5 Å². The van der Waals surface area contributed by atoms with Gasteiger partial charge < -0.3 is 15.4 Å². The molecule has 2 aliphatic heterocycles. The molecule has 0 aromatic rings. The molecule has 2 heterocycles. The Bertz CT molecular complexity index is 317. The number of rotatable bonds is 3. The first kappa shape index (κ1) is 13.8. The van der Waals surface area contributed by atoms with E-state index in [4.69, 9.17) is 10.5 Å². The lowest BCUT2D eigenvalue weighted by Crippen LogP contribution is -2.50. The van der Waals surface area contributed by atoms with Gasteiger partial charge in [-0.15, -0.1) is 0 Å². The Morgan fingerprint density at radius 1 is 1.56 bits per heavy atom. The molecule has 0 bridgehead atoms. The Morgan fingerprint density at radius 3 is 2.94 bits per heavy atom. The van der Waals surface area contributed by atoms with Crippen molar-refractivity contribution in [2.24, 2.45) is 11.7 Å². The molecule has 2 saturated heterocycles. The van der Waals surface area contributed by atoms with Crippen LogP contribution in [-0.4, -0.2) is 41.6 Å². The number of carbonyl (C=O) groups excluding carboxylic acids is 1. The van der Waals surface area contributed by atoms with Crippen LogP contribution in [0.4, 0.5) is 0 Å². The third-order valence-electron chi connectivity index (χ3n) is 4.12. The van der Waals surface area contributed by atoms with Crippen molar-refractivity contribution in [3.8, 4) is 0 Å². The van der Waals surface area contributed by atoms with Gasteiger partial charge >= 0.3 is 0 Å². The fourth-order valence-corrected chi connectivity index (χ4v) is 3.32. The fraction of sp³-hybridized carbons (Fsp3) is 0.929. The standard InChI is InChI=1S/C14H26N2O2/c1-4-5-11(15)13(17)16-7-6-12-10(9-16)8-14(2,3)18-12/h10-12H,4-9,15H2,1-3H3/t10-,11+,12+/m1/s1. The molecule has 0 radical (unpaired) electrons. The van der Waals surface area contributed by atoms with Gasteiger partial charge in [-0.3, -0.25) is 4.79 Å². The monoisotopic (exact) mass is 254 g/mol. The zero-order valence-electron chi connectivity index (χ0n) is 11.8. The summed E-state index contributed by atoms with van der Waals surface area (Å²) >= 11 is 0. The molecule has 2 rings (SSSR count). The highest BCUT2D eigenvalue weighted by molar-refractivity contribution is 5.81. The van der Waals surface area contributed by atoms with E-state index in [9.17, 15) is 4.79 Å². The van der Waals surface area contributed by atoms with Crippen molar-refractivity contribution in [1.82, 2.24) is 4.90 Å². The predicted molar refractivity (Wildman–Crippen MR) is 71.1 cm³/mol. The highest BCUT2D eigenvalue weighted by Crippen LogP contribution is 2.38. The van der Waals surface area contributed by atoms with Gasteiger partial charge in [-0.25, -0.2) is 0 Å². The van der Waals surface area contributed by atoms with Crippen molar-refractivity contribution < 1.29 is 9.53 Å². The second-order valence-electron chi connectivity index (χ2n) is 6.35. The molecule has 4 nitrogen and oxygen atoms in total. The summed E-state index contributed by atoms with van der Waals surface area (Å²) in [5.74, 6) is 0.617. The summed E-state index contributed by atoms with van der Waals surface area (Å²) in [6.07, 6.45) is 4.09. The van der Waals surface area contributed by atoms with Crippen LogP contribution >= 0.6 is 0 Å². The van der Waals surface area contributed by atoms with Crippen LogP contribution < -0.4 is 5.73 Å². The Morgan fingerprint density at radius 2 is 2.28 bits per heavy atom. The average molecular weight is 254 g/mol. The van der Waals surface area contributed by atoms with E-state index in [0.29, 0.717) is 12.0 Å². The average Bonchev–Trinajstić information content (AvgIpc) is 2.60. The normalized spacial score (nSPS) is 32.1. The van der Waals surface area contributed by atoms with E-state index in [1.807, 2.05) is 4.90 Å². The van der Waals surface area contributed by atoms with Gasteiger partial charge in [0.05, 0.1) is 17.7 Å². The molecule has 0 unspecified atom stereocenters. The van der Waals surface area contributed by atoms with Crippen molar-refractivity contribution in [1.29, 1.82) is 0 Å². The quantitative estimate of drug-likeness (QED) is 0.831. The lowest BCUT2D eigenvalue weighted by Gasteiger charge is -2.35. The van der Waals surface area contributed by atoms with E-state index in [0.717, 1.165) is 38.8 Å². The summed E-state index contributed by atoms with van der Waals surface area (Å²) in [7, 11) is 0. The van der Waals surface area contributed by atoms with Crippen LogP contribution in [0.3, 0.4) is 0 Å². The maximum absolute atomic E-state index is 12.2. The van der Waals surface area contributed by atoms with Crippen LogP contribution in [0, 0.1) is 5.92 Å². The third-order valence-corrected chi connectivity index (χ3v) is 4.12. The van der Waals surface area contributed by atoms with Crippen LogP contribution in [0.15, 0.2) is 0 Å². The van der Waals surface area contributed by atoms with Crippen LogP contribution in [0.2, 0.25) is 0 Å². The van der Waals surface area contributed by atoms with Gasteiger partial charge in [0.15, 0.2) is 0 Å². The zero-order valence-corrected chi connectivity index (χ0v) is 11.8. The molecule has 18 heavy (non-hydrogen) atoms. The first-order valence-electron chi connectivity index (χ1n) is 7.15. The zero-order chi connectivity index (χ0) is 13.3. The van der Waals surface area contributed by atoms with Crippen molar-refractivity contribution in [2.75, 3.05) is 13.1 Å². The Labute approximate surface area is 110 Å². The molecule has 2 fully saturated rings. The van der Waals surface area contributed by atoms with Gasteiger partial charge in [0.1, 0.15) is 0 Å². The molecule has 1 amide bonds. The summed E-state index contributed by atoms with van der Waals surface area (Å²) in [6, 6.07) is -0.318. The maximum atomic E-state index is 12.2. The number of amides is 1. The molecule has 0 spiro atoms. The number of piperidine rings is 1. The van der Waals surface area contributed by atoms with Crippen LogP contribution in [-0.2, 0) is 9.53 Å². The second-order valence-corrected chi connectivity index (χ2v) is 6.35. The van der Waals surface area contributed by atoms with Gasteiger partial charge in [-0.2, -0.15) is 0 Å². The summed E-state index contributed by atoms with van der Waals surface area (Å²) in [5, 5.41) is 0. The highest BCUT2D eigenvalue weighted by Gasteiger charge is 2.44. The summed E-state index contributed by atoms with van der Waals surface area (Å²) in [6.45, 7) is 7.96. The molecule has 104 valence electrons. The molecule has 2 N–H and O–H groups in total. The van der Waals surface area contributed by atoms with Crippen molar-refractivity contribution in [3.05, 3.63) is 0 Å². The maximum Gasteiger partial charge on any atom is 0.239 e. The fourth-order valence-electron chi connectivity index (χ4n) is 3.32. The summed E-state index contributed by atoms with van der Waals surface area (Å²) < 4.78 is 6.02. The number of nitrogens with zero attached hydrogens (tertiary/aromatic N) is 1. The summed E-state index contributed by atoms with van der Waals surface area (Å²) in [4.78, 5) is 14.1. The number of nitrogens with two attached hydrogens (primary N) is 1. The summed E-state index contributed by atoms with van der Waals surface area (Å²) in [5.41, 5.74) is 5.90. The van der Waals surface area contributed by atoms with Gasteiger partial charge in [0, 0.05) is 19.0 Å². The van der Waals surface area contributed by atoms with Gasteiger partial charge in [-0.05, 0) is 33.1 Å². The lowest BCUT2D eigenvalue weighted by atomic mass is 9.89. The second kappa shape index (κ2) is 5.17. The largest absolute Gasteiger partial charge is 0.372 e. The molecular weight excluding hydrogens is 228 g/mol. The Balaban J connectivity index is 1.93. The minimum atomic E-state index is -0.318. The smallest absolute Gasteiger partial charge is 0.239 e. The topological polar surface area (TPSA) is 55.6 Å². The molecule has 4 heteroatoms. The predicted octanol–water partition coefficient (Wildman–Crippen LogP) is 1.53. The van der Waals surface area contributed by atoms with E-state index < -0.39 is 0 Å². The van der Waals surface area contributed by atoms with Crippen molar-refractivity contribution >= 4 is 5.91 Å². The van der Waals surface area contributed by atoms with Crippen molar-refractivity contribution in [2.45, 2.75) is 64.2 Å². The Kier molecular flexibility index (Phi) is 3.97. The van der Waals surface area contributed by atoms with E-state index in [1.54, 1.807) is 0 Å². The van der Waals surface area contributed by atoms with E-state index in [-0.39, 0.29) is 17.6 Å². The third kappa shape index (κ3) is 2.86. The minimum absolute atomic E-state index is 0.0279. The van der Waals surface area contributed by atoms with Crippen molar-refractivity contribution in [3.63, 3.8) is 0 Å². The first-order chi connectivity index (χ1) is 8.43. The molecule has 3 atom stereocenters. The molecule has 0 aliphatic carbocycles. The number of hydrogen-bond donors (Lipinski definition) is 1. The molecular formula is C14H26N2O2. The minimum Gasteiger partial charge on any atom is -0.372 e. The number of ether oxygens (including phenoxy) is 1. The van der Waals surface area contributed by atoms with Gasteiger partial charge in [0.2, 0.25) is 5.91 Å². The number of likely N-dealkylation sites (tertiary alicyclic amines) is 1. The van der Waals surface area contributed by atoms with E-state index in [2.05, 4.69) is 20.8 Å². The Hall–Kier alpha value is -0.610. The first-order valence-corrected chi connectivity index (χ1v) is 7.15. The van der Waals surface area contributed by atoms with E-state index in [1.165, 1.54) is 0 Å².